The monoisotopic (exact) mass is 231 g/mol. The van der Waals surface area contributed by atoms with Gasteiger partial charge in [-0.3, -0.25) is 9.59 Å². The Morgan fingerprint density at radius 2 is 1.65 bits per heavy atom. The zero-order valence-corrected chi connectivity index (χ0v) is 10.5. The standard InChI is InChI=1S/C14H17NO2/c1-14(2,3)10-4-6-11(7-5-10)15-9-12(16)8-13(15)17/h4-7H,8-9H2,1-3H3. The summed E-state index contributed by atoms with van der Waals surface area (Å²) in [7, 11) is 0. The average molecular weight is 231 g/mol. The molecule has 1 amide bonds. The lowest BCUT2D eigenvalue weighted by Gasteiger charge is -2.21. The van der Waals surface area contributed by atoms with E-state index in [4.69, 9.17) is 0 Å². The van der Waals surface area contributed by atoms with E-state index < -0.39 is 0 Å². The largest absolute Gasteiger partial charge is 0.305 e. The minimum Gasteiger partial charge on any atom is -0.305 e. The fourth-order valence-corrected chi connectivity index (χ4v) is 1.96. The van der Waals surface area contributed by atoms with Crippen LogP contribution >= 0.6 is 0 Å². The summed E-state index contributed by atoms with van der Waals surface area (Å²) >= 11 is 0. The van der Waals surface area contributed by atoms with Crippen LogP contribution in [-0.4, -0.2) is 18.2 Å². The number of ketones is 1. The Morgan fingerprint density at radius 3 is 2.06 bits per heavy atom. The Balaban J connectivity index is 2.24. The molecule has 90 valence electrons. The highest BCUT2D eigenvalue weighted by Crippen LogP contribution is 2.26. The third-order valence-corrected chi connectivity index (χ3v) is 3.03. The molecule has 0 aliphatic carbocycles. The lowest BCUT2D eigenvalue weighted by Crippen LogP contribution is -2.24. The number of carbonyl (C=O) groups excluding carboxylic acids is 2. The smallest absolute Gasteiger partial charge is 0.234 e. The molecule has 0 bridgehead atoms. The molecular weight excluding hydrogens is 214 g/mol. The summed E-state index contributed by atoms with van der Waals surface area (Å²) in [6, 6.07) is 7.87. The molecule has 1 saturated heterocycles. The minimum absolute atomic E-state index is 0.00472. The fourth-order valence-electron chi connectivity index (χ4n) is 1.96. The Hall–Kier alpha value is -1.64. The van der Waals surface area contributed by atoms with Crippen LogP contribution in [0.2, 0.25) is 0 Å². The van der Waals surface area contributed by atoms with E-state index in [9.17, 15) is 9.59 Å². The van der Waals surface area contributed by atoms with Crippen LogP contribution < -0.4 is 4.90 Å². The van der Waals surface area contributed by atoms with Crippen molar-refractivity contribution in [2.24, 2.45) is 0 Å². The SMILES string of the molecule is CC(C)(C)c1ccc(N2CC(=O)CC2=O)cc1. The minimum atomic E-state index is -0.0986. The lowest BCUT2D eigenvalue weighted by molar-refractivity contribution is -0.121. The van der Waals surface area contributed by atoms with Gasteiger partial charge < -0.3 is 4.90 Å². The molecule has 1 aromatic carbocycles. The first-order chi connectivity index (χ1) is 7.88. The second kappa shape index (κ2) is 3.99. The number of benzene rings is 1. The number of Topliss-reactive ketones (excluding diaryl/α,β-unsaturated/α-hetero) is 1. The van der Waals surface area contributed by atoms with E-state index in [1.807, 2.05) is 24.3 Å². The summed E-state index contributed by atoms with van der Waals surface area (Å²) < 4.78 is 0. The summed E-state index contributed by atoms with van der Waals surface area (Å²) in [6.45, 7) is 6.65. The number of hydrogen-bond donors (Lipinski definition) is 0. The van der Waals surface area contributed by atoms with Crippen LogP contribution in [0.25, 0.3) is 0 Å². The van der Waals surface area contributed by atoms with Crippen LogP contribution in [0, 0.1) is 0 Å². The maximum Gasteiger partial charge on any atom is 0.234 e. The third-order valence-electron chi connectivity index (χ3n) is 3.03. The molecule has 1 fully saturated rings. The predicted octanol–water partition coefficient (Wildman–Crippen LogP) is 2.29. The molecular formula is C14H17NO2. The Kier molecular flexibility index (Phi) is 2.77. The van der Waals surface area contributed by atoms with E-state index in [-0.39, 0.29) is 30.1 Å². The van der Waals surface area contributed by atoms with E-state index in [0.29, 0.717) is 0 Å². The van der Waals surface area contributed by atoms with E-state index >= 15 is 0 Å². The molecule has 0 N–H and O–H groups in total. The number of amides is 1. The first-order valence-corrected chi connectivity index (χ1v) is 5.80. The molecule has 0 unspecified atom stereocenters. The molecule has 2 rings (SSSR count). The van der Waals surface area contributed by atoms with Crippen molar-refractivity contribution in [1.29, 1.82) is 0 Å². The van der Waals surface area contributed by atoms with Gasteiger partial charge in [0.25, 0.3) is 0 Å². The zero-order chi connectivity index (χ0) is 12.6. The summed E-state index contributed by atoms with van der Waals surface area (Å²) in [4.78, 5) is 24.3. The third kappa shape index (κ3) is 2.38. The van der Waals surface area contributed by atoms with Gasteiger partial charge in [0.1, 0.15) is 0 Å². The molecule has 0 radical (unpaired) electrons. The molecule has 0 aromatic heterocycles. The van der Waals surface area contributed by atoms with Gasteiger partial charge in [-0.25, -0.2) is 0 Å². The van der Waals surface area contributed by atoms with Crippen LogP contribution in [-0.2, 0) is 15.0 Å². The van der Waals surface area contributed by atoms with Gasteiger partial charge in [-0.15, -0.1) is 0 Å². The van der Waals surface area contributed by atoms with E-state index in [1.54, 1.807) is 4.90 Å². The first-order valence-electron chi connectivity index (χ1n) is 5.80. The van der Waals surface area contributed by atoms with Gasteiger partial charge in [-0.2, -0.15) is 0 Å². The molecule has 0 spiro atoms. The van der Waals surface area contributed by atoms with Gasteiger partial charge in [0.2, 0.25) is 5.91 Å². The molecule has 0 saturated carbocycles. The van der Waals surface area contributed by atoms with Crippen molar-refractivity contribution in [3.63, 3.8) is 0 Å². The number of hydrogen-bond acceptors (Lipinski definition) is 2. The summed E-state index contributed by atoms with van der Waals surface area (Å²) in [5, 5.41) is 0. The Morgan fingerprint density at radius 1 is 1.06 bits per heavy atom. The Bertz CT molecular complexity index is 454. The molecule has 1 aliphatic rings. The van der Waals surface area contributed by atoms with Crippen molar-refractivity contribution >= 4 is 17.4 Å². The normalized spacial score (nSPS) is 16.8. The maximum absolute atomic E-state index is 11.6. The zero-order valence-electron chi connectivity index (χ0n) is 10.5. The van der Waals surface area contributed by atoms with Crippen molar-refractivity contribution in [2.75, 3.05) is 11.4 Å². The second-order valence-corrected chi connectivity index (χ2v) is 5.49. The van der Waals surface area contributed by atoms with Crippen LogP contribution in [0.15, 0.2) is 24.3 Å². The van der Waals surface area contributed by atoms with Crippen molar-refractivity contribution in [2.45, 2.75) is 32.6 Å². The second-order valence-electron chi connectivity index (χ2n) is 5.49. The summed E-state index contributed by atoms with van der Waals surface area (Å²) in [6.07, 6.45) is 0.0427. The highest BCUT2D eigenvalue weighted by Gasteiger charge is 2.28. The van der Waals surface area contributed by atoms with E-state index in [0.717, 1.165) is 5.69 Å². The van der Waals surface area contributed by atoms with Crippen LogP contribution in [0.1, 0.15) is 32.8 Å². The van der Waals surface area contributed by atoms with Gasteiger partial charge in [0.15, 0.2) is 5.78 Å². The van der Waals surface area contributed by atoms with Crippen molar-refractivity contribution in [3.05, 3.63) is 29.8 Å². The quantitative estimate of drug-likeness (QED) is 0.695. The lowest BCUT2D eigenvalue weighted by atomic mass is 9.87. The van der Waals surface area contributed by atoms with Gasteiger partial charge in [0.05, 0.1) is 13.0 Å². The highest BCUT2D eigenvalue weighted by atomic mass is 16.2. The molecule has 1 aliphatic heterocycles. The number of anilines is 1. The molecule has 0 atom stereocenters. The molecule has 3 heteroatoms. The number of rotatable bonds is 1. The molecule has 1 aromatic rings. The highest BCUT2D eigenvalue weighted by molar-refractivity contribution is 6.15. The van der Waals surface area contributed by atoms with Gasteiger partial charge in [0, 0.05) is 5.69 Å². The van der Waals surface area contributed by atoms with Gasteiger partial charge in [-0.1, -0.05) is 32.9 Å². The molecule has 1 heterocycles. The van der Waals surface area contributed by atoms with Crippen molar-refractivity contribution < 1.29 is 9.59 Å². The van der Waals surface area contributed by atoms with Crippen LogP contribution in [0.5, 0.6) is 0 Å². The van der Waals surface area contributed by atoms with E-state index in [2.05, 4.69) is 20.8 Å². The van der Waals surface area contributed by atoms with Crippen molar-refractivity contribution in [1.82, 2.24) is 0 Å². The fraction of sp³-hybridized carbons (Fsp3) is 0.429. The molecule has 17 heavy (non-hydrogen) atoms. The topological polar surface area (TPSA) is 37.4 Å². The average Bonchev–Trinajstić information content (AvgIpc) is 2.57. The molecule has 3 nitrogen and oxygen atoms in total. The predicted molar refractivity (Wildman–Crippen MR) is 67.1 cm³/mol. The summed E-state index contributed by atoms with van der Waals surface area (Å²) in [5.41, 5.74) is 2.14. The number of nitrogens with zero attached hydrogens (tertiary/aromatic N) is 1. The first kappa shape index (κ1) is 11.8. The summed E-state index contributed by atoms with van der Waals surface area (Å²) in [5.74, 6) is -0.103. The number of carbonyl (C=O) groups is 2. The van der Waals surface area contributed by atoms with Crippen LogP contribution in [0.3, 0.4) is 0 Å². The maximum atomic E-state index is 11.6. The van der Waals surface area contributed by atoms with Crippen molar-refractivity contribution in [3.8, 4) is 0 Å². The van der Waals surface area contributed by atoms with Gasteiger partial charge >= 0.3 is 0 Å². The Labute approximate surface area is 101 Å². The van der Waals surface area contributed by atoms with Crippen LogP contribution in [0.4, 0.5) is 5.69 Å². The van der Waals surface area contributed by atoms with Gasteiger partial charge in [-0.05, 0) is 23.1 Å². The van der Waals surface area contributed by atoms with E-state index in [1.165, 1.54) is 5.56 Å².